The van der Waals surface area contributed by atoms with Crippen molar-refractivity contribution >= 4 is 20.0 Å². The molecule has 7 nitrogen and oxygen atoms in total. The van der Waals surface area contributed by atoms with Crippen LogP contribution in [-0.2, 0) is 33.5 Å². The van der Waals surface area contributed by atoms with E-state index >= 15 is 0 Å². The van der Waals surface area contributed by atoms with Crippen molar-refractivity contribution in [2.24, 2.45) is 7.05 Å². The number of nitrogens with zero attached hydrogens (tertiary/aromatic N) is 2. The van der Waals surface area contributed by atoms with Crippen LogP contribution in [0.2, 0.25) is 0 Å². The molecule has 0 unspecified atom stereocenters. The molecule has 0 spiro atoms. The number of alkyl halides is 6. The van der Waals surface area contributed by atoms with Crippen LogP contribution in [0.5, 0.6) is 0 Å². The summed E-state index contributed by atoms with van der Waals surface area (Å²) in [6, 6.07) is 0. The molecule has 0 saturated heterocycles. The molecule has 0 fully saturated rings. The quantitative estimate of drug-likeness (QED) is 0.333. The summed E-state index contributed by atoms with van der Waals surface area (Å²) in [5.41, 5.74) is -12.4. The van der Waals surface area contributed by atoms with E-state index in [1.165, 1.54) is 50.8 Å². The number of hydrogen-bond acceptors (Lipinski definition) is 4. The van der Waals surface area contributed by atoms with Gasteiger partial charge in [-0.2, -0.15) is 26.3 Å². The summed E-state index contributed by atoms with van der Waals surface area (Å²) in [5, 5.41) is 0. The predicted molar refractivity (Wildman–Crippen MR) is 92.4 cm³/mol. The van der Waals surface area contributed by atoms with Gasteiger partial charge in [-0.05, 0) is 6.42 Å². The topological polar surface area (TPSA) is 102 Å². The summed E-state index contributed by atoms with van der Waals surface area (Å²) in [5.74, 6) is 1.35. The van der Waals surface area contributed by atoms with Gasteiger partial charge < -0.3 is 4.13 Å². The minimum Gasteiger partial charge on any atom is -0.421 e. The van der Waals surface area contributed by atoms with Crippen LogP contribution in [0.15, 0.2) is 12.4 Å². The minimum atomic E-state index is -6.72. The van der Waals surface area contributed by atoms with Gasteiger partial charge in [-0.1, -0.05) is 39.0 Å². The van der Waals surface area contributed by atoms with Gasteiger partial charge in [0.25, 0.3) is 5.82 Å². The third-order valence-corrected chi connectivity index (χ3v) is 6.26. The fourth-order valence-electron chi connectivity index (χ4n) is 1.97. The number of H-pyrrole nitrogens is 1. The summed E-state index contributed by atoms with van der Waals surface area (Å²) in [7, 11) is -11.3. The van der Waals surface area contributed by atoms with Gasteiger partial charge >= 0.3 is 11.0 Å². The first kappa shape index (κ1) is 27.6. The Morgan fingerprint density at radius 2 is 1.34 bits per heavy atom. The normalized spacial score (nSPS) is 13.1. The summed E-state index contributed by atoms with van der Waals surface area (Å²) in [6.45, 7) is 2.26. The molecule has 0 radical (unpaired) electrons. The zero-order chi connectivity index (χ0) is 22.9. The molecule has 0 aliphatic carbocycles. The number of halogens is 6. The number of unbranched alkanes of at least 4 members (excludes halogenated alkanes) is 5. The average Bonchev–Trinajstić information content (AvgIpc) is 2.93. The fraction of sp³-hybridized carbons (Fsp3) is 0.786. The van der Waals surface area contributed by atoms with Crippen LogP contribution in [0.3, 0.4) is 0 Å². The summed E-state index contributed by atoms with van der Waals surface area (Å²) < 4.78 is 111. The number of nitrogens with one attached hydrogen (secondary N) is 1. The van der Waals surface area contributed by atoms with Crippen LogP contribution >= 0.6 is 0 Å². The summed E-state index contributed by atoms with van der Waals surface area (Å²) in [4.78, 5) is 3.27. The van der Waals surface area contributed by atoms with Gasteiger partial charge in [0.15, 0.2) is 20.0 Å². The van der Waals surface area contributed by atoms with Crippen molar-refractivity contribution in [1.82, 2.24) is 4.98 Å². The average molecular weight is 475 g/mol. The lowest BCUT2D eigenvalue weighted by Crippen LogP contribution is -2.30. The van der Waals surface area contributed by atoms with Crippen molar-refractivity contribution in [2.45, 2.75) is 62.9 Å². The van der Waals surface area contributed by atoms with Crippen molar-refractivity contribution in [3.63, 3.8) is 0 Å². The second kappa shape index (κ2) is 11.2. The zero-order valence-electron chi connectivity index (χ0n) is 15.7. The summed E-state index contributed by atoms with van der Waals surface area (Å²) >= 11 is 0. The maximum atomic E-state index is 11.4. The Balaban J connectivity index is 0.000000541. The van der Waals surface area contributed by atoms with E-state index in [9.17, 15) is 43.2 Å². The lowest BCUT2D eigenvalue weighted by atomic mass is 10.1. The molecule has 0 bridgehead atoms. The van der Waals surface area contributed by atoms with E-state index in [1.807, 2.05) is 6.20 Å². The molecule has 15 heteroatoms. The number of sulfonamides is 2. The molecule has 1 aromatic rings. The molecule has 0 saturated carbocycles. The zero-order valence-corrected chi connectivity index (χ0v) is 17.3. The van der Waals surface area contributed by atoms with Crippen LogP contribution in [0.25, 0.3) is 4.13 Å². The highest BCUT2D eigenvalue weighted by Crippen LogP contribution is 2.36. The van der Waals surface area contributed by atoms with E-state index in [4.69, 9.17) is 0 Å². The monoisotopic (exact) mass is 475 g/mol. The Morgan fingerprint density at radius 3 is 1.72 bits per heavy atom. The Hall–Kier alpha value is -1.35. The molecule has 0 aliphatic heterocycles. The van der Waals surface area contributed by atoms with E-state index in [-0.39, 0.29) is 0 Å². The van der Waals surface area contributed by atoms with Crippen LogP contribution in [-0.4, -0.2) is 32.8 Å². The number of rotatable bonds is 9. The molecule has 1 aromatic heterocycles. The van der Waals surface area contributed by atoms with Crippen LogP contribution in [0, 0.1) is 0 Å². The Labute approximate surface area is 165 Å². The van der Waals surface area contributed by atoms with E-state index in [0.29, 0.717) is 0 Å². The largest absolute Gasteiger partial charge is 0.480 e. The number of aromatic nitrogens is 2. The van der Waals surface area contributed by atoms with Crippen LogP contribution < -0.4 is 4.57 Å². The molecule has 1 N–H and O–H groups in total. The van der Waals surface area contributed by atoms with Gasteiger partial charge in [0.2, 0.25) is 0 Å². The molecule has 0 aromatic carbocycles. The smallest absolute Gasteiger partial charge is 0.421 e. The highest BCUT2D eigenvalue weighted by molar-refractivity contribution is 8.13. The first-order chi connectivity index (χ1) is 13.0. The van der Waals surface area contributed by atoms with E-state index in [2.05, 4.69) is 29.7 Å². The molecule has 1 rings (SSSR count). The Kier molecular flexibility index (Phi) is 10.6. The molecule has 0 atom stereocenters. The highest BCUT2D eigenvalue weighted by atomic mass is 32.3. The number of imidazole rings is 1. The molecule has 0 amide bonds. The van der Waals surface area contributed by atoms with Gasteiger partial charge in [0.1, 0.15) is 12.4 Å². The number of hydrogen-bond donors (Lipinski definition) is 1. The van der Waals surface area contributed by atoms with Crippen molar-refractivity contribution in [3.05, 3.63) is 22.3 Å². The number of aryl methyl sites for hydroxylation is 2. The maximum Gasteiger partial charge on any atom is 0.480 e. The second-order valence-corrected chi connectivity index (χ2v) is 9.37. The van der Waals surface area contributed by atoms with E-state index in [1.54, 1.807) is 0 Å². The summed E-state index contributed by atoms with van der Waals surface area (Å²) in [6.07, 6.45) is 13.5. The third kappa shape index (κ3) is 9.80. The molecule has 29 heavy (non-hydrogen) atoms. The molecule has 172 valence electrons. The molecular weight excluding hydrogens is 452 g/mol. The Bertz CT molecular complexity index is 775. The van der Waals surface area contributed by atoms with Crippen LogP contribution in [0.1, 0.15) is 51.3 Å². The van der Waals surface area contributed by atoms with Crippen molar-refractivity contribution in [3.8, 4) is 0 Å². The predicted octanol–water partition coefficient (Wildman–Crippen LogP) is 3.80. The van der Waals surface area contributed by atoms with Crippen molar-refractivity contribution < 1.29 is 47.7 Å². The van der Waals surface area contributed by atoms with Gasteiger partial charge in [-0.3, -0.25) is 0 Å². The first-order valence-corrected chi connectivity index (χ1v) is 11.3. The van der Waals surface area contributed by atoms with Gasteiger partial charge in [-0.15, -0.1) is 0 Å². The van der Waals surface area contributed by atoms with E-state index < -0.39 is 31.1 Å². The van der Waals surface area contributed by atoms with Gasteiger partial charge in [0, 0.05) is 6.42 Å². The van der Waals surface area contributed by atoms with Gasteiger partial charge in [0.05, 0.1) is 7.05 Å². The van der Waals surface area contributed by atoms with Crippen molar-refractivity contribution in [1.29, 1.82) is 0 Å². The lowest BCUT2D eigenvalue weighted by molar-refractivity contribution is -0.677. The highest BCUT2D eigenvalue weighted by Gasteiger charge is 2.46. The van der Waals surface area contributed by atoms with Crippen molar-refractivity contribution in [2.75, 3.05) is 0 Å². The van der Waals surface area contributed by atoms with Gasteiger partial charge in [-0.25, -0.2) is 26.4 Å². The third-order valence-electron chi connectivity index (χ3n) is 3.52. The molecule has 0 aliphatic rings. The molecular formula is C14H23F6N3O4S2. The maximum absolute atomic E-state index is 11.4. The Morgan fingerprint density at radius 1 is 0.897 bits per heavy atom. The van der Waals surface area contributed by atoms with Crippen LogP contribution in [0.4, 0.5) is 26.3 Å². The van der Waals surface area contributed by atoms with E-state index in [0.717, 1.165) is 4.13 Å². The lowest BCUT2D eigenvalue weighted by Gasteiger charge is -2.22. The second-order valence-electron chi connectivity index (χ2n) is 5.95. The standard InChI is InChI=1S/C12H22N2.C2F6NO4S2/c1-3-4-5-6-7-8-9-12-13-10-11-14(12)2;3-1(4,5)14(10,11)9-15(12,13)2(6,7)8/h10-11H,3-9H2,1-2H3;/q;-1/p+1. The molecule has 1 heterocycles. The fourth-order valence-corrected chi connectivity index (χ4v) is 3.68. The SMILES string of the molecule is CCCCCCCCc1[nH]cc[n+]1C.O=S(=O)([N-]S(=O)(=O)C(F)(F)F)C(F)(F)F. The number of aromatic amines is 1. The first-order valence-electron chi connectivity index (χ1n) is 8.44. The minimum absolute atomic E-state index is 0.778.